The largest absolute Gasteiger partial charge is 0.496 e. The van der Waals surface area contributed by atoms with Gasteiger partial charge in [-0.15, -0.1) is 0 Å². The second kappa shape index (κ2) is 7.51. The SMILES string of the molecule is COc1ccccc1C(O)CCN1CCCCCC1. The summed E-state index contributed by atoms with van der Waals surface area (Å²) in [5.74, 6) is 0.783. The van der Waals surface area contributed by atoms with Crippen molar-refractivity contribution >= 4 is 0 Å². The summed E-state index contributed by atoms with van der Waals surface area (Å²) in [6, 6.07) is 7.74. The van der Waals surface area contributed by atoms with E-state index in [-0.39, 0.29) is 0 Å². The average Bonchev–Trinajstić information content (AvgIpc) is 2.73. The van der Waals surface area contributed by atoms with E-state index in [4.69, 9.17) is 4.74 Å². The molecule has 1 fully saturated rings. The highest BCUT2D eigenvalue weighted by Crippen LogP contribution is 2.27. The molecule has 0 saturated carbocycles. The highest BCUT2D eigenvalue weighted by Gasteiger charge is 2.15. The summed E-state index contributed by atoms with van der Waals surface area (Å²) < 4.78 is 5.30. The molecule has 3 nitrogen and oxygen atoms in total. The van der Waals surface area contributed by atoms with Crippen LogP contribution >= 0.6 is 0 Å². The fourth-order valence-electron chi connectivity index (χ4n) is 2.76. The number of rotatable bonds is 5. The first kappa shape index (κ1) is 14.4. The van der Waals surface area contributed by atoms with Gasteiger partial charge >= 0.3 is 0 Å². The van der Waals surface area contributed by atoms with E-state index >= 15 is 0 Å². The number of likely N-dealkylation sites (tertiary alicyclic amines) is 1. The number of para-hydroxylation sites is 1. The third kappa shape index (κ3) is 4.22. The van der Waals surface area contributed by atoms with Crippen molar-refractivity contribution in [2.75, 3.05) is 26.7 Å². The molecule has 19 heavy (non-hydrogen) atoms. The van der Waals surface area contributed by atoms with Gasteiger partial charge in [0, 0.05) is 12.1 Å². The van der Waals surface area contributed by atoms with Crippen molar-refractivity contribution in [3.63, 3.8) is 0 Å². The fraction of sp³-hybridized carbons (Fsp3) is 0.625. The van der Waals surface area contributed by atoms with E-state index in [9.17, 15) is 5.11 Å². The summed E-state index contributed by atoms with van der Waals surface area (Å²) >= 11 is 0. The van der Waals surface area contributed by atoms with Gasteiger partial charge < -0.3 is 14.7 Å². The van der Waals surface area contributed by atoms with Crippen molar-refractivity contribution in [1.82, 2.24) is 4.90 Å². The van der Waals surface area contributed by atoms with Crippen LogP contribution in [0, 0.1) is 0 Å². The van der Waals surface area contributed by atoms with E-state index in [0.717, 1.165) is 24.3 Å². The van der Waals surface area contributed by atoms with Gasteiger partial charge in [0.05, 0.1) is 13.2 Å². The molecular weight excluding hydrogens is 238 g/mol. The van der Waals surface area contributed by atoms with Gasteiger partial charge in [0.2, 0.25) is 0 Å². The van der Waals surface area contributed by atoms with Gasteiger partial charge in [-0.3, -0.25) is 0 Å². The molecule has 1 aliphatic heterocycles. The molecule has 0 aliphatic carbocycles. The van der Waals surface area contributed by atoms with Crippen LogP contribution in [-0.2, 0) is 0 Å². The molecule has 1 N–H and O–H groups in total. The Balaban J connectivity index is 1.87. The summed E-state index contributed by atoms with van der Waals surface area (Å²) in [4.78, 5) is 2.48. The van der Waals surface area contributed by atoms with Crippen LogP contribution in [0.25, 0.3) is 0 Å². The zero-order valence-corrected chi connectivity index (χ0v) is 11.8. The summed E-state index contributed by atoms with van der Waals surface area (Å²) in [5.41, 5.74) is 0.903. The van der Waals surface area contributed by atoms with Crippen LogP contribution in [0.15, 0.2) is 24.3 Å². The predicted molar refractivity (Wildman–Crippen MR) is 77.5 cm³/mol. The number of hydrogen-bond donors (Lipinski definition) is 1. The minimum Gasteiger partial charge on any atom is -0.496 e. The molecule has 1 aromatic rings. The van der Waals surface area contributed by atoms with E-state index in [1.54, 1.807) is 7.11 Å². The first-order chi connectivity index (χ1) is 9.31. The van der Waals surface area contributed by atoms with Crippen LogP contribution in [0.2, 0.25) is 0 Å². The van der Waals surface area contributed by atoms with Crippen LogP contribution in [0.4, 0.5) is 0 Å². The maximum atomic E-state index is 10.3. The number of hydrogen-bond acceptors (Lipinski definition) is 3. The smallest absolute Gasteiger partial charge is 0.124 e. The lowest BCUT2D eigenvalue weighted by molar-refractivity contribution is 0.140. The van der Waals surface area contributed by atoms with Gasteiger partial charge in [-0.2, -0.15) is 0 Å². The number of aliphatic hydroxyl groups excluding tert-OH is 1. The summed E-state index contributed by atoms with van der Waals surface area (Å²) in [6.07, 6.45) is 5.65. The van der Waals surface area contributed by atoms with Crippen LogP contribution in [0.1, 0.15) is 43.8 Å². The van der Waals surface area contributed by atoms with Crippen molar-refractivity contribution in [3.8, 4) is 5.75 Å². The standard InChI is InChI=1S/C16H25NO2/c1-19-16-9-5-4-8-14(16)15(18)10-13-17-11-6-2-3-7-12-17/h4-5,8-9,15,18H,2-3,6-7,10-13H2,1H3. The number of methoxy groups -OCH3 is 1. The Morgan fingerprint density at radius 3 is 2.53 bits per heavy atom. The Morgan fingerprint density at radius 1 is 1.16 bits per heavy atom. The second-order valence-corrected chi connectivity index (χ2v) is 5.30. The molecule has 0 aromatic heterocycles. The monoisotopic (exact) mass is 263 g/mol. The molecule has 3 heteroatoms. The Kier molecular flexibility index (Phi) is 5.67. The Morgan fingerprint density at radius 2 is 1.84 bits per heavy atom. The van der Waals surface area contributed by atoms with Gasteiger partial charge in [-0.25, -0.2) is 0 Å². The molecule has 0 radical (unpaired) electrons. The van der Waals surface area contributed by atoms with E-state index in [1.807, 2.05) is 24.3 Å². The van der Waals surface area contributed by atoms with Gasteiger partial charge in [0.15, 0.2) is 0 Å². The van der Waals surface area contributed by atoms with Crippen molar-refractivity contribution in [2.24, 2.45) is 0 Å². The molecule has 0 amide bonds. The number of nitrogens with zero attached hydrogens (tertiary/aromatic N) is 1. The van der Waals surface area contributed by atoms with Gasteiger partial charge in [0.1, 0.15) is 5.75 Å². The molecule has 1 atom stereocenters. The van der Waals surface area contributed by atoms with E-state index in [1.165, 1.54) is 38.8 Å². The second-order valence-electron chi connectivity index (χ2n) is 5.30. The average molecular weight is 263 g/mol. The first-order valence-corrected chi connectivity index (χ1v) is 7.34. The Bertz CT molecular complexity index is 373. The molecule has 1 heterocycles. The molecule has 1 aliphatic rings. The first-order valence-electron chi connectivity index (χ1n) is 7.34. The number of benzene rings is 1. The van der Waals surface area contributed by atoms with E-state index in [2.05, 4.69) is 4.90 Å². The van der Waals surface area contributed by atoms with Crippen LogP contribution < -0.4 is 4.74 Å². The molecule has 1 unspecified atom stereocenters. The lowest BCUT2D eigenvalue weighted by atomic mass is 10.1. The quantitative estimate of drug-likeness (QED) is 0.886. The van der Waals surface area contributed by atoms with Crippen molar-refractivity contribution in [1.29, 1.82) is 0 Å². The summed E-state index contributed by atoms with van der Waals surface area (Å²) in [7, 11) is 1.65. The lowest BCUT2D eigenvalue weighted by Gasteiger charge is -2.22. The zero-order chi connectivity index (χ0) is 13.5. The van der Waals surface area contributed by atoms with Gasteiger partial charge in [-0.1, -0.05) is 31.0 Å². The number of aliphatic hydroxyl groups is 1. The molecule has 106 valence electrons. The van der Waals surface area contributed by atoms with E-state index < -0.39 is 6.10 Å². The van der Waals surface area contributed by atoms with Gasteiger partial charge in [-0.05, 0) is 38.4 Å². The topological polar surface area (TPSA) is 32.7 Å². The van der Waals surface area contributed by atoms with Gasteiger partial charge in [0.25, 0.3) is 0 Å². The summed E-state index contributed by atoms with van der Waals surface area (Å²) in [5, 5.41) is 10.3. The fourth-order valence-corrected chi connectivity index (χ4v) is 2.76. The van der Waals surface area contributed by atoms with Crippen molar-refractivity contribution < 1.29 is 9.84 Å². The summed E-state index contributed by atoms with van der Waals surface area (Å²) in [6.45, 7) is 3.33. The molecule has 0 spiro atoms. The third-order valence-electron chi connectivity index (χ3n) is 3.92. The van der Waals surface area contributed by atoms with Crippen LogP contribution in [-0.4, -0.2) is 36.8 Å². The highest BCUT2D eigenvalue weighted by molar-refractivity contribution is 5.34. The molecule has 1 aromatic carbocycles. The normalized spacial score (nSPS) is 18.8. The molecule has 2 rings (SSSR count). The highest BCUT2D eigenvalue weighted by atomic mass is 16.5. The Hall–Kier alpha value is -1.06. The van der Waals surface area contributed by atoms with E-state index in [0.29, 0.717) is 0 Å². The van der Waals surface area contributed by atoms with Crippen molar-refractivity contribution in [2.45, 2.75) is 38.2 Å². The molecule has 1 saturated heterocycles. The zero-order valence-electron chi connectivity index (χ0n) is 11.8. The minimum atomic E-state index is -0.431. The Labute approximate surface area is 116 Å². The maximum Gasteiger partial charge on any atom is 0.124 e. The lowest BCUT2D eigenvalue weighted by Crippen LogP contribution is -2.26. The van der Waals surface area contributed by atoms with Crippen LogP contribution in [0.3, 0.4) is 0 Å². The van der Waals surface area contributed by atoms with Crippen molar-refractivity contribution in [3.05, 3.63) is 29.8 Å². The minimum absolute atomic E-state index is 0.431. The molecule has 0 bridgehead atoms. The van der Waals surface area contributed by atoms with Crippen LogP contribution in [0.5, 0.6) is 5.75 Å². The molecular formula is C16H25NO2. The number of ether oxygens (including phenoxy) is 1. The maximum absolute atomic E-state index is 10.3. The third-order valence-corrected chi connectivity index (χ3v) is 3.92. The predicted octanol–water partition coefficient (Wildman–Crippen LogP) is 2.99.